The molecule has 1 amide bonds. The topological polar surface area (TPSA) is 66.8 Å². The van der Waals surface area contributed by atoms with E-state index in [-0.39, 0.29) is 12.8 Å². The second-order valence-electron chi connectivity index (χ2n) is 4.03. The molecule has 2 heterocycles. The smallest absolute Gasteiger partial charge is 0.328 e. The molecule has 0 bridgehead atoms. The van der Waals surface area contributed by atoms with E-state index >= 15 is 0 Å². The fraction of sp³-hybridized carbons (Fsp3) is 0.600. The van der Waals surface area contributed by atoms with E-state index in [9.17, 15) is 18.4 Å². The van der Waals surface area contributed by atoms with Crippen molar-refractivity contribution in [2.24, 2.45) is 0 Å². The Morgan fingerprint density at radius 3 is 2.82 bits per heavy atom. The lowest BCUT2D eigenvalue weighted by atomic mass is 10.0. The number of alkyl halides is 2. The van der Waals surface area contributed by atoms with Crippen LogP contribution >= 0.6 is 0 Å². The Labute approximate surface area is 95.6 Å². The third-order valence-electron chi connectivity index (χ3n) is 3.13. The van der Waals surface area contributed by atoms with Crippen LogP contribution in [0.15, 0.2) is 11.8 Å². The number of hydrogen-bond donors (Lipinski definition) is 1. The SMILES string of the molecule is COC(=O)[C@H]1CCC2N1C(=O)C=C(O)C2(F)F. The third-order valence-corrected chi connectivity index (χ3v) is 3.13. The molecule has 5 nitrogen and oxygen atoms in total. The predicted octanol–water partition coefficient (Wildman–Crippen LogP) is 0.610. The van der Waals surface area contributed by atoms with E-state index in [0.717, 1.165) is 12.0 Å². The number of hydrogen-bond acceptors (Lipinski definition) is 4. The van der Waals surface area contributed by atoms with E-state index in [1.165, 1.54) is 0 Å². The number of nitrogens with zero attached hydrogens (tertiary/aromatic N) is 1. The molecule has 0 aromatic heterocycles. The van der Waals surface area contributed by atoms with Crippen LogP contribution in [0.2, 0.25) is 0 Å². The van der Waals surface area contributed by atoms with Gasteiger partial charge in [-0.25, -0.2) is 4.79 Å². The molecule has 1 N–H and O–H groups in total. The van der Waals surface area contributed by atoms with Gasteiger partial charge in [0, 0.05) is 6.08 Å². The van der Waals surface area contributed by atoms with Crippen LogP contribution in [0.5, 0.6) is 0 Å². The highest BCUT2D eigenvalue weighted by molar-refractivity contribution is 5.94. The molecule has 7 heteroatoms. The minimum atomic E-state index is -3.50. The number of ether oxygens (including phenoxy) is 1. The lowest BCUT2D eigenvalue weighted by Crippen LogP contribution is -2.55. The van der Waals surface area contributed by atoms with Gasteiger partial charge in [0.15, 0.2) is 5.76 Å². The van der Waals surface area contributed by atoms with E-state index in [2.05, 4.69) is 4.74 Å². The first kappa shape index (κ1) is 11.8. The van der Waals surface area contributed by atoms with Crippen LogP contribution < -0.4 is 0 Å². The summed E-state index contributed by atoms with van der Waals surface area (Å²) in [7, 11) is 1.13. The number of aliphatic hydroxyl groups excluding tert-OH is 1. The summed E-state index contributed by atoms with van der Waals surface area (Å²) in [6.45, 7) is 0. The minimum Gasteiger partial charge on any atom is -0.506 e. The lowest BCUT2D eigenvalue weighted by molar-refractivity contribution is -0.158. The van der Waals surface area contributed by atoms with Gasteiger partial charge in [-0.2, -0.15) is 8.78 Å². The van der Waals surface area contributed by atoms with Crippen LogP contribution in [-0.2, 0) is 14.3 Å². The molecule has 2 rings (SSSR count). The highest BCUT2D eigenvalue weighted by Gasteiger charge is 2.57. The van der Waals surface area contributed by atoms with Gasteiger partial charge in [0.05, 0.1) is 7.11 Å². The highest BCUT2D eigenvalue weighted by Crippen LogP contribution is 2.41. The zero-order valence-electron chi connectivity index (χ0n) is 9.02. The average molecular weight is 247 g/mol. The van der Waals surface area contributed by atoms with Crippen LogP contribution in [0.1, 0.15) is 12.8 Å². The van der Waals surface area contributed by atoms with Crippen molar-refractivity contribution in [1.29, 1.82) is 0 Å². The Hall–Kier alpha value is -1.66. The molecule has 94 valence electrons. The van der Waals surface area contributed by atoms with Crippen LogP contribution in [0, 0.1) is 0 Å². The molecule has 2 aliphatic rings. The van der Waals surface area contributed by atoms with Gasteiger partial charge in [-0.15, -0.1) is 0 Å². The standard InChI is InChI=1S/C10H11F2NO4/c1-17-9(16)5-2-3-6-10(11,12)7(14)4-8(15)13(5)6/h4-6,14H,2-3H2,1H3/t5-,6?/m1/s1. The summed E-state index contributed by atoms with van der Waals surface area (Å²) in [5.74, 6) is -6.25. The summed E-state index contributed by atoms with van der Waals surface area (Å²) in [6.07, 6.45) is 0.522. The quantitative estimate of drug-likeness (QED) is 0.689. The van der Waals surface area contributed by atoms with Crippen molar-refractivity contribution in [2.75, 3.05) is 7.11 Å². The Balaban J connectivity index is 2.37. The highest BCUT2D eigenvalue weighted by atomic mass is 19.3. The summed E-state index contributed by atoms with van der Waals surface area (Å²) in [5.41, 5.74) is 0. The fourth-order valence-corrected chi connectivity index (χ4v) is 2.30. The largest absolute Gasteiger partial charge is 0.506 e. The molecule has 2 aliphatic heterocycles. The summed E-state index contributed by atoms with van der Waals surface area (Å²) in [4.78, 5) is 23.7. The zero-order chi connectivity index (χ0) is 12.8. The molecule has 0 aromatic carbocycles. The van der Waals surface area contributed by atoms with Gasteiger partial charge in [-0.3, -0.25) is 4.79 Å². The van der Waals surface area contributed by atoms with E-state index in [1.807, 2.05) is 0 Å². The van der Waals surface area contributed by atoms with Crippen molar-refractivity contribution in [3.05, 3.63) is 11.8 Å². The molecule has 0 aromatic rings. The first-order valence-corrected chi connectivity index (χ1v) is 5.08. The molecule has 1 fully saturated rings. The average Bonchev–Trinajstić information content (AvgIpc) is 2.71. The summed E-state index contributed by atoms with van der Waals surface area (Å²) >= 11 is 0. The number of amides is 1. The first-order valence-electron chi connectivity index (χ1n) is 5.08. The van der Waals surface area contributed by atoms with Crippen molar-refractivity contribution in [3.63, 3.8) is 0 Å². The van der Waals surface area contributed by atoms with E-state index in [4.69, 9.17) is 5.11 Å². The number of esters is 1. The number of methoxy groups -OCH3 is 1. The number of halogens is 2. The number of rotatable bonds is 1. The summed E-state index contributed by atoms with van der Waals surface area (Å²) in [6, 6.07) is -2.46. The number of carbonyl (C=O) groups excluding carboxylic acids is 2. The molecule has 1 unspecified atom stereocenters. The van der Waals surface area contributed by atoms with Crippen molar-refractivity contribution in [3.8, 4) is 0 Å². The maximum atomic E-state index is 13.6. The minimum absolute atomic E-state index is 0.0452. The predicted molar refractivity (Wildman–Crippen MR) is 51.3 cm³/mol. The van der Waals surface area contributed by atoms with Crippen LogP contribution in [0.25, 0.3) is 0 Å². The van der Waals surface area contributed by atoms with Crippen LogP contribution in [-0.4, -0.2) is 47.0 Å². The lowest BCUT2D eigenvalue weighted by Gasteiger charge is -2.36. The van der Waals surface area contributed by atoms with Gasteiger partial charge in [-0.05, 0) is 12.8 Å². The molecule has 1 saturated heterocycles. The molecule has 2 atom stereocenters. The van der Waals surface area contributed by atoms with E-state index in [1.54, 1.807) is 0 Å². The first-order chi connectivity index (χ1) is 7.89. The van der Waals surface area contributed by atoms with Crippen LogP contribution in [0.3, 0.4) is 0 Å². The Morgan fingerprint density at radius 2 is 2.24 bits per heavy atom. The van der Waals surface area contributed by atoms with Gasteiger partial charge in [0.25, 0.3) is 5.91 Å². The normalized spacial score (nSPS) is 30.9. The second kappa shape index (κ2) is 3.68. The molecule has 17 heavy (non-hydrogen) atoms. The third kappa shape index (κ3) is 1.57. The molecular weight excluding hydrogens is 236 g/mol. The number of aliphatic hydroxyl groups is 1. The van der Waals surface area contributed by atoms with Crippen molar-refractivity contribution >= 4 is 11.9 Å². The zero-order valence-corrected chi connectivity index (χ0v) is 9.02. The van der Waals surface area contributed by atoms with Crippen LogP contribution in [0.4, 0.5) is 8.78 Å². The van der Waals surface area contributed by atoms with Gasteiger partial charge in [0.2, 0.25) is 0 Å². The molecule has 0 saturated carbocycles. The maximum absolute atomic E-state index is 13.6. The molecule has 0 radical (unpaired) electrons. The summed E-state index contributed by atoms with van der Waals surface area (Å²) in [5, 5.41) is 9.08. The monoisotopic (exact) mass is 247 g/mol. The van der Waals surface area contributed by atoms with Gasteiger partial charge in [-0.1, -0.05) is 0 Å². The molecule has 0 spiro atoms. The van der Waals surface area contributed by atoms with Crippen molar-refractivity contribution in [2.45, 2.75) is 30.8 Å². The van der Waals surface area contributed by atoms with Gasteiger partial charge in [0.1, 0.15) is 12.1 Å². The van der Waals surface area contributed by atoms with Gasteiger partial charge < -0.3 is 14.7 Å². The maximum Gasteiger partial charge on any atom is 0.328 e. The van der Waals surface area contributed by atoms with Crippen molar-refractivity contribution in [1.82, 2.24) is 4.90 Å². The Morgan fingerprint density at radius 1 is 1.59 bits per heavy atom. The molecular formula is C10H11F2NO4. The fourth-order valence-electron chi connectivity index (χ4n) is 2.30. The second-order valence-corrected chi connectivity index (χ2v) is 4.03. The summed E-state index contributed by atoms with van der Waals surface area (Å²) < 4.78 is 31.7. The Kier molecular flexibility index (Phi) is 2.56. The Bertz CT molecular complexity index is 407. The van der Waals surface area contributed by atoms with Crippen molar-refractivity contribution < 1.29 is 28.2 Å². The van der Waals surface area contributed by atoms with E-state index < -0.39 is 35.6 Å². The number of carbonyl (C=O) groups is 2. The van der Waals surface area contributed by atoms with E-state index in [0.29, 0.717) is 6.08 Å². The number of fused-ring (bicyclic) bond motifs is 1. The molecule has 0 aliphatic carbocycles. The van der Waals surface area contributed by atoms with Gasteiger partial charge >= 0.3 is 11.9 Å².